The SMILES string of the molecule is CCCCCCCCCCCC(O)CCCCCC(CCCCC)S(=O)(=O)O. The first kappa shape index (κ1) is 27.9. The van der Waals surface area contributed by atoms with E-state index >= 15 is 0 Å². The van der Waals surface area contributed by atoms with Crippen molar-refractivity contribution in [3.05, 3.63) is 0 Å². The van der Waals surface area contributed by atoms with Crippen LogP contribution in [0.1, 0.15) is 136 Å². The second-order valence-electron chi connectivity index (χ2n) is 8.54. The van der Waals surface area contributed by atoms with E-state index in [4.69, 9.17) is 0 Å². The average Bonchev–Trinajstić information content (AvgIpc) is 2.64. The predicted octanol–water partition coefficient (Wildman–Crippen LogP) is 7.06. The highest BCUT2D eigenvalue weighted by Gasteiger charge is 2.21. The van der Waals surface area contributed by atoms with E-state index in [-0.39, 0.29) is 6.10 Å². The van der Waals surface area contributed by atoms with Gasteiger partial charge in [0.2, 0.25) is 0 Å². The molecular formula is C23H48O4S. The predicted molar refractivity (Wildman–Crippen MR) is 120 cm³/mol. The van der Waals surface area contributed by atoms with Crippen LogP contribution in [0.4, 0.5) is 0 Å². The van der Waals surface area contributed by atoms with Gasteiger partial charge in [0.25, 0.3) is 10.1 Å². The topological polar surface area (TPSA) is 74.6 Å². The minimum atomic E-state index is -3.92. The van der Waals surface area contributed by atoms with E-state index in [0.717, 1.165) is 57.8 Å². The standard InChI is InChI=1S/C23H48O4S/c1-3-5-7-8-9-10-11-12-15-18-22(24)19-16-13-17-21-23(28(25,26)27)20-14-6-4-2/h22-24H,3-21H2,1-2H3,(H,25,26,27). The Morgan fingerprint density at radius 3 is 1.36 bits per heavy atom. The van der Waals surface area contributed by atoms with Crippen molar-refractivity contribution in [3.8, 4) is 0 Å². The van der Waals surface area contributed by atoms with Crippen LogP contribution in [0.5, 0.6) is 0 Å². The molecule has 0 aromatic carbocycles. The summed E-state index contributed by atoms with van der Waals surface area (Å²) in [6.07, 6.45) is 19.9. The van der Waals surface area contributed by atoms with Gasteiger partial charge in [0.1, 0.15) is 0 Å². The van der Waals surface area contributed by atoms with Crippen LogP contribution in [-0.2, 0) is 10.1 Å². The molecule has 0 bridgehead atoms. The third-order valence-corrected chi connectivity index (χ3v) is 7.07. The third kappa shape index (κ3) is 17.9. The third-order valence-electron chi connectivity index (χ3n) is 5.76. The summed E-state index contributed by atoms with van der Waals surface area (Å²) in [5.74, 6) is 0. The Hall–Kier alpha value is -0.130. The number of aliphatic hydroxyl groups excluding tert-OH is 1. The maximum Gasteiger partial charge on any atom is 0.267 e. The molecule has 0 saturated heterocycles. The molecule has 4 nitrogen and oxygen atoms in total. The van der Waals surface area contributed by atoms with Gasteiger partial charge in [0.15, 0.2) is 0 Å². The molecule has 28 heavy (non-hydrogen) atoms. The van der Waals surface area contributed by atoms with E-state index < -0.39 is 15.4 Å². The van der Waals surface area contributed by atoms with Gasteiger partial charge in [-0.2, -0.15) is 8.42 Å². The van der Waals surface area contributed by atoms with Crippen molar-refractivity contribution in [2.45, 2.75) is 147 Å². The molecule has 0 saturated carbocycles. The van der Waals surface area contributed by atoms with E-state index in [1.165, 1.54) is 51.4 Å². The Kier molecular flexibility index (Phi) is 18.8. The molecule has 2 atom stereocenters. The van der Waals surface area contributed by atoms with Gasteiger partial charge in [-0.05, 0) is 25.7 Å². The zero-order valence-corrected chi connectivity index (χ0v) is 19.5. The molecule has 5 heteroatoms. The summed E-state index contributed by atoms with van der Waals surface area (Å²) in [5.41, 5.74) is 0. The van der Waals surface area contributed by atoms with Crippen molar-refractivity contribution in [2.24, 2.45) is 0 Å². The molecule has 2 unspecified atom stereocenters. The lowest BCUT2D eigenvalue weighted by atomic mass is 10.0. The van der Waals surface area contributed by atoms with Crippen molar-refractivity contribution in [1.29, 1.82) is 0 Å². The van der Waals surface area contributed by atoms with Crippen LogP contribution in [0, 0.1) is 0 Å². The summed E-state index contributed by atoms with van der Waals surface area (Å²) in [5, 5.41) is 9.49. The van der Waals surface area contributed by atoms with Crippen LogP contribution in [-0.4, -0.2) is 29.4 Å². The fraction of sp³-hybridized carbons (Fsp3) is 1.00. The molecule has 0 rings (SSSR count). The Labute approximate surface area is 175 Å². The van der Waals surface area contributed by atoms with E-state index in [9.17, 15) is 18.1 Å². The van der Waals surface area contributed by atoms with E-state index in [2.05, 4.69) is 13.8 Å². The van der Waals surface area contributed by atoms with Crippen molar-refractivity contribution < 1.29 is 18.1 Å². The second kappa shape index (κ2) is 18.9. The van der Waals surface area contributed by atoms with Crippen molar-refractivity contribution in [1.82, 2.24) is 0 Å². The second-order valence-corrected chi connectivity index (χ2v) is 10.2. The monoisotopic (exact) mass is 420 g/mol. The van der Waals surface area contributed by atoms with Gasteiger partial charge in [-0.15, -0.1) is 0 Å². The number of hydrogen-bond acceptors (Lipinski definition) is 3. The molecule has 0 amide bonds. The Balaban J connectivity index is 3.60. The molecule has 0 aliphatic heterocycles. The Bertz CT molecular complexity index is 422. The molecule has 0 aromatic rings. The van der Waals surface area contributed by atoms with Crippen LogP contribution < -0.4 is 0 Å². The highest BCUT2D eigenvalue weighted by atomic mass is 32.2. The Morgan fingerprint density at radius 1 is 0.571 bits per heavy atom. The molecule has 0 fully saturated rings. The van der Waals surface area contributed by atoms with E-state index in [1.807, 2.05) is 0 Å². The van der Waals surface area contributed by atoms with Gasteiger partial charge in [0, 0.05) is 0 Å². The first-order chi connectivity index (χ1) is 13.4. The number of unbranched alkanes of at least 4 members (excludes halogenated alkanes) is 12. The molecule has 0 aliphatic rings. The van der Waals surface area contributed by atoms with Crippen LogP contribution >= 0.6 is 0 Å². The van der Waals surface area contributed by atoms with Crippen molar-refractivity contribution in [2.75, 3.05) is 0 Å². The first-order valence-electron chi connectivity index (χ1n) is 12.1. The van der Waals surface area contributed by atoms with Gasteiger partial charge in [0.05, 0.1) is 11.4 Å². The number of hydrogen-bond donors (Lipinski definition) is 2. The summed E-state index contributed by atoms with van der Waals surface area (Å²) in [6, 6.07) is 0. The zero-order valence-electron chi connectivity index (χ0n) is 18.7. The summed E-state index contributed by atoms with van der Waals surface area (Å²) in [4.78, 5) is 0. The van der Waals surface area contributed by atoms with Crippen LogP contribution in [0.25, 0.3) is 0 Å². The van der Waals surface area contributed by atoms with Gasteiger partial charge in [-0.25, -0.2) is 0 Å². The number of aliphatic hydroxyl groups is 1. The normalized spacial score (nSPS) is 14.3. The van der Waals surface area contributed by atoms with Crippen LogP contribution in [0.3, 0.4) is 0 Å². The van der Waals surface area contributed by atoms with Gasteiger partial charge in [-0.3, -0.25) is 4.55 Å². The lowest BCUT2D eigenvalue weighted by Gasteiger charge is -2.14. The minimum absolute atomic E-state index is 0.216. The summed E-state index contributed by atoms with van der Waals surface area (Å²) < 4.78 is 32.3. The molecule has 0 radical (unpaired) electrons. The average molecular weight is 421 g/mol. The molecule has 0 aliphatic carbocycles. The maximum absolute atomic E-state index is 11.5. The lowest BCUT2D eigenvalue weighted by Crippen LogP contribution is -2.20. The van der Waals surface area contributed by atoms with Crippen molar-refractivity contribution in [3.63, 3.8) is 0 Å². The summed E-state index contributed by atoms with van der Waals surface area (Å²) in [6.45, 7) is 4.33. The minimum Gasteiger partial charge on any atom is -0.393 e. The molecule has 2 N–H and O–H groups in total. The Morgan fingerprint density at radius 2 is 0.893 bits per heavy atom. The van der Waals surface area contributed by atoms with Crippen LogP contribution in [0.15, 0.2) is 0 Å². The summed E-state index contributed by atoms with van der Waals surface area (Å²) >= 11 is 0. The number of rotatable bonds is 21. The van der Waals surface area contributed by atoms with Gasteiger partial charge in [-0.1, -0.05) is 110 Å². The largest absolute Gasteiger partial charge is 0.393 e. The fourth-order valence-corrected chi connectivity index (χ4v) is 4.76. The quantitative estimate of drug-likeness (QED) is 0.154. The first-order valence-corrected chi connectivity index (χ1v) is 13.6. The van der Waals surface area contributed by atoms with E-state index in [0.29, 0.717) is 12.8 Å². The molecule has 170 valence electrons. The highest BCUT2D eigenvalue weighted by molar-refractivity contribution is 7.86. The smallest absolute Gasteiger partial charge is 0.267 e. The van der Waals surface area contributed by atoms with E-state index in [1.54, 1.807) is 0 Å². The molecular weight excluding hydrogens is 372 g/mol. The van der Waals surface area contributed by atoms with Gasteiger partial charge >= 0.3 is 0 Å². The molecule has 0 aromatic heterocycles. The zero-order chi connectivity index (χ0) is 21.1. The summed E-state index contributed by atoms with van der Waals surface area (Å²) in [7, 11) is -3.92. The van der Waals surface area contributed by atoms with Gasteiger partial charge < -0.3 is 5.11 Å². The molecule has 0 spiro atoms. The lowest BCUT2D eigenvalue weighted by molar-refractivity contribution is 0.147. The van der Waals surface area contributed by atoms with Crippen molar-refractivity contribution >= 4 is 10.1 Å². The van der Waals surface area contributed by atoms with Crippen LogP contribution in [0.2, 0.25) is 0 Å². The fourth-order valence-electron chi connectivity index (χ4n) is 3.83. The maximum atomic E-state index is 11.5. The molecule has 0 heterocycles. The highest BCUT2D eigenvalue weighted by Crippen LogP contribution is 2.19.